The minimum atomic E-state index is 0.168. The molecule has 0 spiro atoms. The van der Waals surface area contributed by atoms with Gasteiger partial charge in [-0.25, -0.2) is 0 Å². The van der Waals surface area contributed by atoms with Gasteiger partial charge in [-0.2, -0.15) is 0 Å². The molecule has 2 rings (SSSR count). The first-order valence-electron chi connectivity index (χ1n) is 4.92. The molecule has 0 fully saturated rings. The van der Waals surface area contributed by atoms with Crippen molar-refractivity contribution in [2.45, 2.75) is 13.3 Å². The highest BCUT2D eigenvalue weighted by Gasteiger charge is 2.05. The maximum Gasteiger partial charge on any atom is 0.159 e. The van der Waals surface area contributed by atoms with Crippen LogP contribution in [0.1, 0.15) is 12.5 Å². The Balaban J connectivity index is 2.32. The smallest absolute Gasteiger partial charge is 0.159 e. The van der Waals surface area contributed by atoms with E-state index in [1.54, 1.807) is 23.5 Å². The number of allylic oxidation sites excluding steroid dienone is 2. The molecule has 76 valence electrons. The predicted molar refractivity (Wildman–Crippen MR) is 65.4 cm³/mol. The summed E-state index contributed by atoms with van der Waals surface area (Å²) in [5, 5.41) is 3.28. The molecule has 1 aromatic carbocycles. The van der Waals surface area contributed by atoms with Gasteiger partial charge >= 0.3 is 0 Å². The van der Waals surface area contributed by atoms with Crippen LogP contribution in [0.5, 0.6) is 0 Å². The zero-order chi connectivity index (χ0) is 10.7. The molecular weight excluding hydrogens is 204 g/mol. The monoisotopic (exact) mass is 216 g/mol. The van der Waals surface area contributed by atoms with Crippen LogP contribution in [-0.2, 0) is 11.2 Å². The van der Waals surface area contributed by atoms with Crippen LogP contribution in [0.25, 0.3) is 10.1 Å². The number of fused-ring (bicyclic) bond motifs is 1. The second kappa shape index (κ2) is 4.41. The minimum absolute atomic E-state index is 0.168. The van der Waals surface area contributed by atoms with Gasteiger partial charge in [0.25, 0.3) is 0 Å². The molecule has 0 saturated heterocycles. The zero-order valence-corrected chi connectivity index (χ0v) is 9.38. The van der Waals surface area contributed by atoms with Crippen molar-refractivity contribution in [2.75, 3.05) is 0 Å². The maximum absolute atomic E-state index is 11.5. The summed E-state index contributed by atoms with van der Waals surface area (Å²) in [4.78, 5) is 11.5. The van der Waals surface area contributed by atoms with E-state index in [0.717, 1.165) is 5.56 Å². The van der Waals surface area contributed by atoms with Crippen molar-refractivity contribution in [3.05, 3.63) is 47.4 Å². The number of carbonyl (C=O) groups excluding carboxylic acids is 1. The molecule has 1 nitrogen and oxygen atoms in total. The van der Waals surface area contributed by atoms with Crippen molar-refractivity contribution >= 4 is 27.2 Å². The summed E-state index contributed by atoms with van der Waals surface area (Å²) in [6, 6.07) is 8.20. The van der Waals surface area contributed by atoms with Crippen LogP contribution in [0.2, 0.25) is 0 Å². The van der Waals surface area contributed by atoms with Crippen molar-refractivity contribution < 1.29 is 4.79 Å². The molecule has 0 aliphatic carbocycles. The summed E-state index contributed by atoms with van der Waals surface area (Å²) in [6.07, 6.45) is 3.93. The average Bonchev–Trinajstić information content (AvgIpc) is 2.62. The standard InChI is InChI=1S/C13H12OS/c1-2-5-11(14)8-10-9-15-13-7-4-3-6-12(10)13/h2-7,9H,8H2,1H3/b5-2+. The Morgan fingerprint density at radius 3 is 3.00 bits per heavy atom. The van der Waals surface area contributed by atoms with Gasteiger partial charge in [-0.3, -0.25) is 4.79 Å². The molecule has 0 bridgehead atoms. The van der Waals surface area contributed by atoms with Gasteiger partial charge in [0.05, 0.1) is 0 Å². The van der Waals surface area contributed by atoms with Gasteiger partial charge in [-0.15, -0.1) is 11.3 Å². The normalized spacial score (nSPS) is 11.3. The average molecular weight is 216 g/mol. The Morgan fingerprint density at radius 1 is 1.40 bits per heavy atom. The summed E-state index contributed by atoms with van der Waals surface area (Å²) in [7, 11) is 0. The largest absolute Gasteiger partial charge is 0.294 e. The predicted octanol–water partition coefficient (Wildman–Crippen LogP) is 3.59. The first kappa shape index (κ1) is 10.1. The second-order valence-electron chi connectivity index (χ2n) is 3.40. The summed E-state index contributed by atoms with van der Waals surface area (Å²) in [5.41, 5.74) is 1.14. The lowest BCUT2D eigenvalue weighted by molar-refractivity contribution is -0.114. The highest BCUT2D eigenvalue weighted by atomic mass is 32.1. The van der Waals surface area contributed by atoms with Crippen LogP contribution in [0.4, 0.5) is 0 Å². The zero-order valence-electron chi connectivity index (χ0n) is 8.57. The maximum atomic E-state index is 11.5. The molecule has 0 radical (unpaired) electrons. The first-order valence-corrected chi connectivity index (χ1v) is 5.80. The number of thiophene rings is 1. The first-order chi connectivity index (χ1) is 7.31. The number of carbonyl (C=O) groups is 1. The number of ketones is 1. The Kier molecular flexibility index (Phi) is 2.97. The fourth-order valence-electron chi connectivity index (χ4n) is 1.60. The number of rotatable bonds is 3. The van der Waals surface area contributed by atoms with Gasteiger partial charge in [0.1, 0.15) is 0 Å². The molecular formula is C13H12OS. The lowest BCUT2D eigenvalue weighted by Crippen LogP contribution is -1.96. The van der Waals surface area contributed by atoms with E-state index in [0.29, 0.717) is 6.42 Å². The van der Waals surface area contributed by atoms with Crippen LogP contribution >= 0.6 is 11.3 Å². The molecule has 0 atom stereocenters. The van der Waals surface area contributed by atoms with E-state index in [1.807, 2.05) is 19.1 Å². The van der Waals surface area contributed by atoms with E-state index < -0.39 is 0 Å². The lowest BCUT2D eigenvalue weighted by atomic mass is 10.1. The number of hydrogen-bond acceptors (Lipinski definition) is 2. The SMILES string of the molecule is C/C=C/C(=O)Cc1csc2ccccc12. The van der Waals surface area contributed by atoms with Gasteiger partial charge in [-0.1, -0.05) is 24.3 Å². The fourth-order valence-corrected chi connectivity index (χ4v) is 2.56. The summed E-state index contributed by atoms with van der Waals surface area (Å²) in [6.45, 7) is 1.86. The third-order valence-electron chi connectivity index (χ3n) is 2.28. The van der Waals surface area contributed by atoms with Crippen LogP contribution in [0.15, 0.2) is 41.8 Å². The second-order valence-corrected chi connectivity index (χ2v) is 4.31. The van der Waals surface area contributed by atoms with E-state index in [4.69, 9.17) is 0 Å². The van der Waals surface area contributed by atoms with Crippen molar-refractivity contribution in [3.63, 3.8) is 0 Å². The molecule has 1 aromatic heterocycles. The number of hydrogen-bond donors (Lipinski definition) is 0. The molecule has 0 aliphatic rings. The van der Waals surface area contributed by atoms with E-state index >= 15 is 0 Å². The minimum Gasteiger partial charge on any atom is -0.294 e. The molecule has 15 heavy (non-hydrogen) atoms. The third kappa shape index (κ3) is 2.16. The van der Waals surface area contributed by atoms with E-state index in [1.165, 1.54) is 10.1 Å². The van der Waals surface area contributed by atoms with Gasteiger partial charge in [0.2, 0.25) is 0 Å². The quantitative estimate of drug-likeness (QED) is 0.717. The van der Waals surface area contributed by atoms with Gasteiger partial charge in [-0.05, 0) is 35.4 Å². The summed E-state index contributed by atoms with van der Waals surface area (Å²) >= 11 is 1.70. The Hall–Kier alpha value is -1.41. The Labute approximate surface area is 93.1 Å². The molecule has 0 aliphatic heterocycles. The Morgan fingerprint density at radius 2 is 2.20 bits per heavy atom. The highest BCUT2D eigenvalue weighted by molar-refractivity contribution is 7.17. The van der Waals surface area contributed by atoms with Gasteiger partial charge < -0.3 is 0 Å². The van der Waals surface area contributed by atoms with Crippen LogP contribution in [0, 0.1) is 0 Å². The van der Waals surface area contributed by atoms with Crippen molar-refractivity contribution in [1.29, 1.82) is 0 Å². The number of benzene rings is 1. The summed E-state index contributed by atoms with van der Waals surface area (Å²) in [5.74, 6) is 0.168. The van der Waals surface area contributed by atoms with E-state index in [2.05, 4.69) is 17.5 Å². The third-order valence-corrected chi connectivity index (χ3v) is 3.29. The highest BCUT2D eigenvalue weighted by Crippen LogP contribution is 2.25. The molecule has 0 N–H and O–H groups in total. The van der Waals surface area contributed by atoms with E-state index in [9.17, 15) is 4.79 Å². The van der Waals surface area contributed by atoms with Gasteiger partial charge in [0, 0.05) is 11.1 Å². The van der Waals surface area contributed by atoms with Crippen LogP contribution in [0.3, 0.4) is 0 Å². The van der Waals surface area contributed by atoms with Crippen molar-refractivity contribution in [2.24, 2.45) is 0 Å². The molecule has 2 heteroatoms. The van der Waals surface area contributed by atoms with Crippen LogP contribution in [-0.4, -0.2) is 5.78 Å². The lowest BCUT2D eigenvalue weighted by Gasteiger charge is -1.95. The molecule has 2 aromatic rings. The van der Waals surface area contributed by atoms with E-state index in [-0.39, 0.29) is 5.78 Å². The molecule has 0 amide bonds. The van der Waals surface area contributed by atoms with Gasteiger partial charge in [0.15, 0.2) is 5.78 Å². The summed E-state index contributed by atoms with van der Waals surface area (Å²) < 4.78 is 1.25. The molecule has 0 unspecified atom stereocenters. The van der Waals surface area contributed by atoms with Crippen LogP contribution < -0.4 is 0 Å². The fraction of sp³-hybridized carbons (Fsp3) is 0.154. The Bertz CT molecular complexity index is 508. The van der Waals surface area contributed by atoms with Crippen molar-refractivity contribution in [3.8, 4) is 0 Å². The van der Waals surface area contributed by atoms with Crippen molar-refractivity contribution in [1.82, 2.24) is 0 Å². The topological polar surface area (TPSA) is 17.1 Å². The molecule has 0 saturated carbocycles. The molecule has 1 heterocycles.